The molecule has 0 saturated carbocycles. The Bertz CT molecular complexity index is 428. The number of methoxy groups -OCH3 is 1. The molecular weight excluding hydrogens is 232 g/mol. The molecule has 8 heteroatoms. The summed E-state index contributed by atoms with van der Waals surface area (Å²) in [4.78, 5) is 6.47. The van der Waals surface area contributed by atoms with Gasteiger partial charge in [0.25, 0.3) is 10.0 Å². The smallest absolute Gasteiger partial charge is 0.257 e. The van der Waals surface area contributed by atoms with Gasteiger partial charge in [0.15, 0.2) is 5.03 Å². The summed E-state index contributed by atoms with van der Waals surface area (Å²) in [6.07, 6.45) is 1.26. The molecule has 0 fully saturated rings. The van der Waals surface area contributed by atoms with Crippen molar-refractivity contribution in [2.45, 2.75) is 18.0 Å². The van der Waals surface area contributed by atoms with Gasteiger partial charge >= 0.3 is 0 Å². The van der Waals surface area contributed by atoms with Crippen molar-refractivity contribution < 1.29 is 13.2 Å². The molecule has 1 atom stereocenters. The lowest BCUT2D eigenvalue weighted by Crippen LogP contribution is -2.43. The minimum atomic E-state index is -3.60. The number of aromatic nitrogens is 2. The molecule has 0 radical (unpaired) electrons. The van der Waals surface area contributed by atoms with Crippen LogP contribution in [-0.4, -0.2) is 44.7 Å². The van der Waals surface area contributed by atoms with Gasteiger partial charge < -0.3 is 15.5 Å². The van der Waals surface area contributed by atoms with Crippen LogP contribution in [0.3, 0.4) is 0 Å². The molecule has 1 unspecified atom stereocenters. The number of ether oxygens (including phenoxy) is 1. The minimum Gasteiger partial charge on any atom is -0.383 e. The number of imidazole rings is 1. The number of hydrogen-bond donors (Lipinski definition) is 3. The van der Waals surface area contributed by atoms with E-state index in [0.29, 0.717) is 5.82 Å². The number of nitrogens with two attached hydrogens (primary N) is 1. The van der Waals surface area contributed by atoms with Gasteiger partial charge in [0.1, 0.15) is 5.82 Å². The average Bonchev–Trinajstić information content (AvgIpc) is 2.64. The van der Waals surface area contributed by atoms with Crippen LogP contribution in [-0.2, 0) is 14.8 Å². The monoisotopic (exact) mass is 248 g/mol. The summed E-state index contributed by atoms with van der Waals surface area (Å²) in [6.45, 7) is 2.07. The molecule has 0 aliphatic rings. The molecule has 16 heavy (non-hydrogen) atoms. The summed E-state index contributed by atoms with van der Waals surface area (Å²) >= 11 is 0. The van der Waals surface area contributed by atoms with Gasteiger partial charge in [-0.15, -0.1) is 0 Å². The molecule has 7 nitrogen and oxygen atoms in total. The summed E-state index contributed by atoms with van der Waals surface area (Å²) in [5, 5.41) is 0.0274. The highest BCUT2D eigenvalue weighted by Gasteiger charge is 2.20. The SMILES string of the molecule is COCC(CN)NS(=O)(=O)c1cnc(C)[nH]1. The number of nitrogens with zero attached hydrogens (tertiary/aromatic N) is 1. The maximum absolute atomic E-state index is 11.8. The third kappa shape index (κ3) is 3.27. The Hall–Kier alpha value is -0.960. The minimum absolute atomic E-state index is 0.0274. The first-order valence-corrected chi connectivity index (χ1v) is 6.21. The molecular formula is C8H16N4O3S. The van der Waals surface area contributed by atoms with E-state index in [1.807, 2.05) is 0 Å². The first-order valence-electron chi connectivity index (χ1n) is 4.72. The number of aryl methyl sites for hydroxylation is 1. The molecule has 92 valence electrons. The van der Waals surface area contributed by atoms with Gasteiger partial charge in [0.2, 0.25) is 0 Å². The number of aromatic amines is 1. The lowest BCUT2D eigenvalue weighted by Gasteiger charge is -2.14. The van der Waals surface area contributed by atoms with Gasteiger partial charge in [-0.25, -0.2) is 18.1 Å². The Morgan fingerprint density at radius 2 is 2.38 bits per heavy atom. The molecule has 0 amide bonds. The van der Waals surface area contributed by atoms with Gasteiger partial charge in [0.05, 0.1) is 18.8 Å². The molecule has 1 heterocycles. The highest BCUT2D eigenvalue weighted by Crippen LogP contribution is 2.05. The van der Waals surface area contributed by atoms with Crippen LogP contribution in [0.25, 0.3) is 0 Å². The lowest BCUT2D eigenvalue weighted by atomic mass is 10.3. The normalized spacial score (nSPS) is 13.9. The van der Waals surface area contributed by atoms with Crippen molar-refractivity contribution in [3.05, 3.63) is 12.0 Å². The van der Waals surface area contributed by atoms with E-state index >= 15 is 0 Å². The highest BCUT2D eigenvalue weighted by atomic mass is 32.2. The Balaban J connectivity index is 2.78. The van der Waals surface area contributed by atoms with E-state index in [-0.39, 0.29) is 18.2 Å². The third-order valence-corrected chi connectivity index (χ3v) is 3.37. The van der Waals surface area contributed by atoms with Crippen LogP contribution in [0.2, 0.25) is 0 Å². The zero-order chi connectivity index (χ0) is 12.2. The van der Waals surface area contributed by atoms with Gasteiger partial charge in [-0.3, -0.25) is 0 Å². The molecule has 0 aliphatic carbocycles. The first kappa shape index (κ1) is 13.1. The summed E-state index contributed by atoms with van der Waals surface area (Å²) < 4.78 is 30.9. The third-order valence-electron chi connectivity index (χ3n) is 1.94. The molecule has 0 aromatic carbocycles. The van der Waals surface area contributed by atoms with Gasteiger partial charge in [-0.2, -0.15) is 0 Å². The number of nitrogens with one attached hydrogen (secondary N) is 2. The molecule has 0 bridgehead atoms. The van der Waals surface area contributed by atoms with E-state index < -0.39 is 16.1 Å². The summed E-state index contributed by atoms with van der Waals surface area (Å²) in [5.41, 5.74) is 5.42. The highest BCUT2D eigenvalue weighted by molar-refractivity contribution is 7.89. The Morgan fingerprint density at radius 3 is 2.81 bits per heavy atom. The fourth-order valence-electron chi connectivity index (χ4n) is 1.17. The molecule has 0 spiro atoms. The van der Waals surface area contributed by atoms with E-state index in [1.54, 1.807) is 6.92 Å². The average molecular weight is 248 g/mol. The number of rotatable bonds is 6. The topological polar surface area (TPSA) is 110 Å². The van der Waals surface area contributed by atoms with Gasteiger partial charge in [0, 0.05) is 13.7 Å². The maximum atomic E-state index is 11.8. The van der Waals surface area contributed by atoms with Crippen LogP contribution in [0.15, 0.2) is 11.2 Å². The van der Waals surface area contributed by atoms with E-state index in [4.69, 9.17) is 10.5 Å². The quantitative estimate of drug-likeness (QED) is 0.596. The predicted octanol–water partition coefficient (Wildman–Crippen LogP) is -1.03. The number of H-pyrrole nitrogens is 1. The van der Waals surface area contributed by atoms with Crippen molar-refractivity contribution in [1.82, 2.24) is 14.7 Å². The summed E-state index contributed by atoms with van der Waals surface area (Å²) in [5.74, 6) is 0.538. The van der Waals surface area contributed by atoms with E-state index in [9.17, 15) is 8.42 Å². The standard InChI is InChI=1S/C8H16N4O3S/c1-6-10-4-8(11-6)16(13,14)12-7(3-9)5-15-2/h4,7,12H,3,5,9H2,1-2H3,(H,10,11). The summed E-state index contributed by atoms with van der Waals surface area (Å²) in [7, 11) is -2.12. The van der Waals surface area contributed by atoms with E-state index in [1.165, 1.54) is 13.3 Å². The number of sulfonamides is 1. The van der Waals surface area contributed by atoms with Gasteiger partial charge in [-0.1, -0.05) is 0 Å². The van der Waals surface area contributed by atoms with E-state index in [0.717, 1.165) is 0 Å². The molecule has 1 rings (SSSR count). The van der Waals surface area contributed by atoms with Crippen molar-refractivity contribution in [3.8, 4) is 0 Å². The second-order valence-corrected chi connectivity index (χ2v) is 5.02. The van der Waals surface area contributed by atoms with Crippen molar-refractivity contribution >= 4 is 10.0 Å². The maximum Gasteiger partial charge on any atom is 0.257 e. The zero-order valence-corrected chi connectivity index (χ0v) is 10.0. The molecule has 0 saturated heterocycles. The van der Waals surface area contributed by atoms with E-state index in [2.05, 4.69) is 14.7 Å². The van der Waals surface area contributed by atoms with Crippen LogP contribution in [0.5, 0.6) is 0 Å². The molecule has 1 aromatic rings. The van der Waals surface area contributed by atoms with Crippen molar-refractivity contribution in [2.75, 3.05) is 20.3 Å². The van der Waals surface area contributed by atoms with Crippen LogP contribution in [0.1, 0.15) is 5.82 Å². The second kappa shape index (κ2) is 5.39. The van der Waals surface area contributed by atoms with Crippen molar-refractivity contribution in [1.29, 1.82) is 0 Å². The molecule has 4 N–H and O–H groups in total. The van der Waals surface area contributed by atoms with Crippen molar-refractivity contribution in [3.63, 3.8) is 0 Å². The van der Waals surface area contributed by atoms with Crippen LogP contribution in [0.4, 0.5) is 0 Å². The zero-order valence-electron chi connectivity index (χ0n) is 9.23. The Kier molecular flexibility index (Phi) is 4.42. The Labute approximate surface area is 94.4 Å². The van der Waals surface area contributed by atoms with Crippen LogP contribution < -0.4 is 10.5 Å². The molecule has 1 aromatic heterocycles. The van der Waals surface area contributed by atoms with Gasteiger partial charge in [-0.05, 0) is 6.92 Å². The second-order valence-electron chi connectivity index (χ2n) is 3.34. The summed E-state index contributed by atoms with van der Waals surface area (Å²) in [6, 6.07) is -0.446. The Morgan fingerprint density at radius 1 is 1.69 bits per heavy atom. The lowest BCUT2D eigenvalue weighted by molar-refractivity contribution is 0.177. The predicted molar refractivity (Wildman–Crippen MR) is 58.4 cm³/mol. The number of hydrogen-bond acceptors (Lipinski definition) is 5. The fraction of sp³-hybridized carbons (Fsp3) is 0.625. The van der Waals surface area contributed by atoms with Crippen molar-refractivity contribution in [2.24, 2.45) is 5.73 Å². The fourth-order valence-corrected chi connectivity index (χ4v) is 2.37. The first-order chi connectivity index (χ1) is 7.49. The van der Waals surface area contributed by atoms with Crippen LogP contribution in [0, 0.1) is 6.92 Å². The molecule has 0 aliphatic heterocycles. The largest absolute Gasteiger partial charge is 0.383 e. The van der Waals surface area contributed by atoms with Crippen LogP contribution >= 0.6 is 0 Å².